The van der Waals surface area contributed by atoms with Crippen molar-refractivity contribution in [2.75, 3.05) is 67.6 Å². The van der Waals surface area contributed by atoms with Crippen molar-refractivity contribution in [3.8, 4) is 0 Å². The van der Waals surface area contributed by atoms with E-state index in [1.54, 1.807) is 12.1 Å². The molecule has 0 aliphatic carbocycles. The molecule has 11 heteroatoms. The Balaban J connectivity index is 1.43. The van der Waals surface area contributed by atoms with E-state index >= 15 is 0 Å². The lowest BCUT2D eigenvalue weighted by Gasteiger charge is -2.35. The van der Waals surface area contributed by atoms with E-state index in [2.05, 4.69) is 15.2 Å². The van der Waals surface area contributed by atoms with Crippen LogP contribution in [0.25, 0.3) is 0 Å². The van der Waals surface area contributed by atoms with Gasteiger partial charge >= 0.3 is 0 Å². The van der Waals surface area contributed by atoms with Gasteiger partial charge in [-0.2, -0.15) is 9.29 Å². The van der Waals surface area contributed by atoms with Gasteiger partial charge in [0.1, 0.15) is 5.82 Å². The molecule has 2 aliphatic rings. The Kier molecular flexibility index (Phi) is 6.58. The first-order chi connectivity index (χ1) is 15.3. The summed E-state index contributed by atoms with van der Waals surface area (Å²) in [6, 6.07) is 8.20. The molecule has 0 unspecified atom stereocenters. The monoisotopic (exact) mass is 460 g/mol. The fraction of sp³-hybridized carbons (Fsp3) is 0.476. The Morgan fingerprint density at radius 1 is 0.969 bits per heavy atom. The van der Waals surface area contributed by atoms with Crippen LogP contribution < -0.4 is 15.1 Å². The van der Waals surface area contributed by atoms with Gasteiger partial charge in [0.05, 0.1) is 18.1 Å². The zero-order valence-corrected chi connectivity index (χ0v) is 19.1. The third kappa shape index (κ3) is 5.00. The van der Waals surface area contributed by atoms with Crippen molar-refractivity contribution in [2.24, 2.45) is 0 Å². The minimum absolute atomic E-state index is 0.202. The SMILES string of the molecule is CC(=O)Nc1ccc(S(=O)(=O)N2CCN(c3nc(C)cc(N4CCOCC4)n3)CC2)cc1. The van der Waals surface area contributed by atoms with E-state index in [0.717, 1.165) is 24.6 Å². The van der Waals surface area contributed by atoms with Gasteiger partial charge in [0.2, 0.25) is 21.9 Å². The van der Waals surface area contributed by atoms with Crippen LogP contribution in [-0.2, 0) is 19.6 Å². The average Bonchev–Trinajstić information content (AvgIpc) is 2.79. The highest BCUT2D eigenvalue weighted by Crippen LogP contribution is 2.23. The van der Waals surface area contributed by atoms with Gasteiger partial charge in [-0.3, -0.25) is 4.79 Å². The number of aryl methyl sites for hydroxylation is 1. The van der Waals surface area contributed by atoms with Crippen LogP contribution in [-0.4, -0.2) is 81.1 Å². The zero-order valence-electron chi connectivity index (χ0n) is 18.3. The molecule has 4 rings (SSSR count). The molecule has 2 fully saturated rings. The van der Waals surface area contributed by atoms with Gasteiger partial charge in [-0.1, -0.05) is 0 Å². The number of hydrogen-bond donors (Lipinski definition) is 1. The van der Waals surface area contributed by atoms with Gasteiger partial charge in [-0.05, 0) is 31.2 Å². The molecule has 0 spiro atoms. The molecule has 172 valence electrons. The summed E-state index contributed by atoms with van der Waals surface area (Å²) in [5.74, 6) is 1.31. The zero-order chi connectivity index (χ0) is 22.7. The molecule has 0 atom stereocenters. The number of carbonyl (C=O) groups is 1. The second-order valence-electron chi connectivity index (χ2n) is 7.86. The Hall–Kier alpha value is -2.76. The Morgan fingerprint density at radius 2 is 1.62 bits per heavy atom. The van der Waals surface area contributed by atoms with Crippen molar-refractivity contribution in [1.29, 1.82) is 0 Å². The van der Waals surface area contributed by atoms with Gasteiger partial charge in [-0.25, -0.2) is 13.4 Å². The number of carbonyl (C=O) groups excluding carboxylic acids is 1. The Labute approximate surface area is 188 Å². The van der Waals surface area contributed by atoms with Crippen LogP contribution in [0.4, 0.5) is 17.5 Å². The van der Waals surface area contributed by atoms with E-state index in [-0.39, 0.29) is 10.8 Å². The standard InChI is InChI=1S/C21H28N6O4S/c1-16-15-20(25-11-13-31-14-12-25)24-21(22-16)26-7-9-27(10-8-26)32(29,30)19-5-3-18(4-6-19)23-17(2)28/h3-6,15H,7-14H2,1-2H3,(H,23,28). The summed E-state index contributed by atoms with van der Waals surface area (Å²) in [6.07, 6.45) is 0. The quantitative estimate of drug-likeness (QED) is 0.707. The maximum Gasteiger partial charge on any atom is 0.243 e. The van der Waals surface area contributed by atoms with E-state index in [1.807, 2.05) is 17.9 Å². The fourth-order valence-corrected chi connectivity index (χ4v) is 5.25. The van der Waals surface area contributed by atoms with Crippen molar-refractivity contribution in [3.63, 3.8) is 0 Å². The number of hydrogen-bond acceptors (Lipinski definition) is 8. The van der Waals surface area contributed by atoms with Crippen molar-refractivity contribution in [2.45, 2.75) is 18.7 Å². The third-order valence-electron chi connectivity index (χ3n) is 5.50. The molecule has 10 nitrogen and oxygen atoms in total. The van der Waals surface area contributed by atoms with E-state index in [1.165, 1.54) is 23.4 Å². The number of sulfonamides is 1. The van der Waals surface area contributed by atoms with Gasteiger partial charge in [-0.15, -0.1) is 0 Å². The summed E-state index contributed by atoms with van der Waals surface area (Å²) in [7, 11) is -3.62. The minimum Gasteiger partial charge on any atom is -0.378 e. The van der Waals surface area contributed by atoms with Crippen LogP contribution in [0.1, 0.15) is 12.6 Å². The molecule has 2 aliphatic heterocycles. The number of piperazine rings is 1. The molecule has 2 saturated heterocycles. The van der Waals surface area contributed by atoms with E-state index in [0.29, 0.717) is 51.0 Å². The van der Waals surface area contributed by atoms with Gasteiger partial charge in [0.25, 0.3) is 0 Å². The number of amides is 1. The van der Waals surface area contributed by atoms with E-state index in [9.17, 15) is 13.2 Å². The van der Waals surface area contributed by atoms with Crippen LogP contribution >= 0.6 is 0 Å². The van der Waals surface area contributed by atoms with Crippen molar-refractivity contribution in [1.82, 2.24) is 14.3 Å². The number of nitrogens with zero attached hydrogens (tertiary/aromatic N) is 5. The second kappa shape index (κ2) is 9.39. The summed E-state index contributed by atoms with van der Waals surface area (Å²) in [5.41, 5.74) is 1.44. The minimum atomic E-state index is -3.62. The molecule has 3 heterocycles. The number of ether oxygens (including phenoxy) is 1. The molecule has 1 N–H and O–H groups in total. The number of benzene rings is 1. The lowest BCUT2D eigenvalue weighted by molar-refractivity contribution is -0.114. The number of rotatable bonds is 5. The highest BCUT2D eigenvalue weighted by Gasteiger charge is 2.29. The number of morpholine rings is 1. The van der Waals surface area contributed by atoms with Gasteiger partial charge in [0, 0.05) is 63.6 Å². The molecular weight excluding hydrogens is 432 g/mol. The molecule has 0 bridgehead atoms. The van der Waals surface area contributed by atoms with Gasteiger partial charge < -0.3 is 19.9 Å². The topological polar surface area (TPSA) is 108 Å². The molecule has 1 amide bonds. The number of nitrogens with one attached hydrogen (secondary N) is 1. The highest BCUT2D eigenvalue weighted by atomic mass is 32.2. The van der Waals surface area contributed by atoms with Gasteiger partial charge in [0.15, 0.2) is 0 Å². The number of aromatic nitrogens is 2. The predicted molar refractivity (Wildman–Crippen MR) is 122 cm³/mol. The summed E-state index contributed by atoms with van der Waals surface area (Å²) in [6.45, 7) is 8.02. The van der Waals surface area contributed by atoms with Crippen LogP contribution in [0.5, 0.6) is 0 Å². The lowest BCUT2D eigenvalue weighted by atomic mass is 10.3. The highest BCUT2D eigenvalue weighted by molar-refractivity contribution is 7.89. The maximum absolute atomic E-state index is 13.0. The maximum atomic E-state index is 13.0. The molecule has 32 heavy (non-hydrogen) atoms. The van der Waals surface area contributed by atoms with E-state index in [4.69, 9.17) is 9.72 Å². The first kappa shape index (κ1) is 22.4. The van der Waals surface area contributed by atoms with E-state index < -0.39 is 10.0 Å². The number of anilines is 3. The van der Waals surface area contributed by atoms with Crippen molar-refractivity contribution >= 4 is 33.4 Å². The largest absolute Gasteiger partial charge is 0.378 e. The summed E-state index contributed by atoms with van der Waals surface area (Å²) in [4.78, 5) is 24.9. The molecule has 0 saturated carbocycles. The fourth-order valence-electron chi connectivity index (χ4n) is 3.82. The van der Waals surface area contributed by atoms with Crippen molar-refractivity contribution in [3.05, 3.63) is 36.0 Å². The smallest absolute Gasteiger partial charge is 0.243 e. The molecule has 2 aromatic rings. The first-order valence-corrected chi connectivity index (χ1v) is 12.1. The predicted octanol–water partition coefficient (Wildman–Crippen LogP) is 1.09. The Bertz CT molecular complexity index is 1060. The van der Waals surface area contributed by atoms with Crippen LogP contribution in [0.2, 0.25) is 0 Å². The van der Waals surface area contributed by atoms with Crippen molar-refractivity contribution < 1.29 is 17.9 Å². The second-order valence-corrected chi connectivity index (χ2v) is 9.80. The summed E-state index contributed by atoms with van der Waals surface area (Å²) < 4.78 is 33.0. The first-order valence-electron chi connectivity index (χ1n) is 10.6. The normalized spacial score (nSPS) is 17.9. The van der Waals surface area contributed by atoms with Crippen LogP contribution in [0.3, 0.4) is 0 Å². The molecular formula is C21H28N6O4S. The average molecular weight is 461 g/mol. The molecule has 0 radical (unpaired) electrons. The molecule has 1 aromatic carbocycles. The summed E-state index contributed by atoms with van der Waals surface area (Å²) in [5, 5.41) is 2.64. The van der Waals surface area contributed by atoms with Crippen LogP contribution in [0, 0.1) is 6.92 Å². The Morgan fingerprint density at radius 3 is 2.25 bits per heavy atom. The third-order valence-corrected chi connectivity index (χ3v) is 7.41. The lowest BCUT2D eigenvalue weighted by Crippen LogP contribution is -2.49. The van der Waals surface area contributed by atoms with Crippen LogP contribution in [0.15, 0.2) is 35.2 Å². The summed E-state index contributed by atoms with van der Waals surface area (Å²) >= 11 is 0. The molecule has 1 aromatic heterocycles.